The van der Waals surface area contributed by atoms with Crippen LogP contribution in [0, 0.1) is 6.92 Å². The third-order valence-corrected chi connectivity index (χ3v) is 3.84. The molecule has 0 aliphatic heterocycles. The lowest BCUT2D eigenvalue weighted by Crippen LogP contribution is -2.42. The van der Waals surface area contributed by atoms with E-state index in [1.807, 2.05) is 30.0 Å². The zero-order chi connectivity index (χ0) is 17.4. The summed E-state index contributed by atoms with van der Waals surface area (Å²) in [6, 6.07) is 16.1. The molecule has 126 valence electrons. The lowest BCUT2D eigenvalue weighted by molar-refractivity contribution is -0.123. The summed E-state index contributed by atoms with van der Waals surface area (Å²) < 4.78 is 28.8. The molecule has 0 saturated carbocycles. The average Bonchev–Trinajstić information content (AvgIpc) is 2.59. The number of carbonyl (C=O) groups excluding carboxylic acids is 1. The predicted octanol–water partition coefficient (Wildman–Crippen LogP) is 2.00. The van der Waals surface area contributed by atoms with E-state index in [9.17, 15) is 13.2 Å². The van der Waals surface area contributed by atoms with Gasteiger partial charge >= 0.3 is 0 Å². The molecule has 0 aliphatic rings. The van der Waals surface area contributed by atoms with Gasteiger partial charge in [-0.3, -0.25) is 10.2 Å². The van der Waals surface area contributed by atoms with Gasteiger partial charge in [-0.15, -0.1) is 4.83 Å². The van der Waals surface area contributed by atoms with Gasteiger partial charge in [-0.1, -0.05) is 48.0 Å². The van der Waals surface area contributed by atoms with Crippen molar-refractivity contribution in [1.29, 1.82) is 0 Å². The van der Waals surface area contributed by atoms with Crippen LogP contribution in [0.15, 0.2) is 60.0 Å². The molecule has 0 radical (unpaired) electrons. The Hall–Kier alpha value is -2.64. The molecule has 2 N–H and O–H groups in total. The highest BCUT2D eigenvalue weighted by atomic mass is 32.2. The summed E-state index contributed by atoms with van der Waals surface area (Å²) in [5, 5.41) is 0.976. The Labute approximate surface area is 141 Å². The molecule has 7 heteroatoms. The van der Waals surface area contributed by atoms with Crippen LogP contribution in [-0.4, -0.2) is 20.9 Å². The van der Waals surface area contributed by atoms with Crippen molar-refractivity contribution in [3.8, 4) is 5.75 Å². The molecule has 0 fully saturated rings. The maximum atomic E-state index is 11.8. The highest BCUT2D eigenvalue weighted by molar-refractivity contribution is 7.92. The molecule has 0 atom stereocenters. The smallest absolute Gasteiger partial charge is 0.272 e. The first-order valence-corrected chi connectivity index (χ1v) is 8.72. The Balaban J connectivity index is 1.79. The van der Waals surface area contributed by atoms with Gasteiger partial charge < -0.3 is 4.74 Å². The fourth-order valence-corrected chi connectivity index (χ4v) is 2.37. The van der Waals surface area contributed by atoms with Gasteiger partial charge in [-0.05, 0) is 30.7 Å². The van der Waals surface area contributed by atoms with Gasteiger partial charge in [0.15, 0.2) is 6.61 Å². The minimum absolute atomic E-state index is 0.298. The third kappa shape index (κ3) is 6.23. The number of aryl methyl sites for hydroxylation is 1. The van der Waals surface area contributed by atoms with Gasteiger partial charge in [-0.25, -0.2) is 8.42 Å². The van der Waals surface area contributed by atoms with Crippen molar-refractivity contribution in [3.05, 3.63) is 71.1 Å². The number of amides is 1. The molecule has 2 rings (SSSR count). The quantitative estimate of drug-likeness (QED) is 0.751. The van der Waals surface area contributed by atoms with Crippen LogP contribution >= 0.6 is 0 Å². The van der Waals surface area contributed by atoms with E-state index in [-0.39, 0.29) is 6.61 Å². The Morgan fingerprint density at radius 3 is 2.42 bits per heavy atom. The maximum absolute atomic E-state index is 11.8. The van der Waals surface area contributed by atoms with Crippen molar-refractivity contribution in [2.45, 2.75) is 6.92 Å². The van der Waals surface area contributed by atoms with E-state index >= 15 is 0 Å². The Morgan fingerprint density at radius 2 is 1.75 bits per heavy atom. The molecule has 2 aromatic rings. The lowest BCUT2D eigenvalue weighted by atomic mass is 10.2. The molecule has 0 spiro atoms. The SMILES string of the molecule is Cc1ccc(OCC(=O)NNS(=O)(=O)/C=C/c2ccccc2)cc1. The van der Waals surface area contributed by atoms with Crippen molar-refractivity contribution in [3.63, 3.8) is 0 Å². The number of sulfonamides is 1. The topological polar surface area (TPSA) is 84.5 Å². The van der Waals surface area contributed by atoms with Crippen LogP contribution in [0.4, 0.5) is 0 Å². The highest BCUT2D eigenvalue weighted by Crippen LogP contribution is 2.10. The van der Waals surface area contributed by atoms with Crippen LogP contribution in [0.3, 0.4) is 0 Å². The lowest BCUT2D eigenvalue weighted by Gasteiger charge is -2.08. The average molecular weight is 346 g/mol. The number of hydrazine groups is 1. The number of hydrogen-bond acceptors (Lipinski definition) is 4. The molecule has 6 nitrogen and oxygen atoms in total. The summed E-state index contributed by atoms with van der Waals surface area (Å²) in [7, 11) is -3.78. The van der Waals surface area contributed by atoms with Crippen LogP contribution in [-0.2, 0) is 14.8 Å². The number of hydrogen-bond donors (Lipinski definition) is 2. The standard InChI is InChI=1S/C17H18N2O4S/c1-14-7-9-16(10-8-14)23-13-17(20)18-19-24(21,22)12-11-15-5-3-2-4-6-15/h2-12,19H,13H2,1H3,(H,18,20)/b12-11+. The fourth-order valence-electron chi connectivity index (χ4n) is 1.71. The highest BCUT2D eigenvalue weighted by Gasteiger charge is 2.08. The van der Waals surface area contributed by atoms with E-state index < -0.39 is 15.9 Å². The second-order valence-corrected chi connectivity index (χ2v) is 6.58. The van der Waals surface area contributed by atoms with Crippen molar-refractivity contribution in [2.24, 2.45) is 0 Å². The first-order valence-electron chi connectivity index (χ1n) is 7.18. The minimum Gasteiger partial charge on any atom is -0.484 e. The molecule has 1 amide bonds. The van der Waals surface area contributed by atoms with E-state index in [1.165, 1.54) is 6.08 Å². The van der Waals surface area contributed by atoms with E-state index in [0.29, 0.717) is 5.75 Å². The molecular formula is C17H18N2O4S. The number of carbonyl (C=O) groups is 1. The fraction of sp³-hybridized carbons (Fsp3) is 0.118. The second kappa shape index (κ2) is 8.28. The van der Waals surface area contributed by atoms with Gasteiger partial charge in [0.25, 0.3) is 15.9 Å². The Kier molecular flexibility index (Phi) is 6.11. The largest absolute Gasteiger partial charge is 0.484 e. The summed E-state index contributed by atoms with van der Waals surface area (Å²) in [5.41, 5.74) is 3.89. The van der Waals surface area contributed by atoms with Gasteiger partial charge in [0, 0.05) is 5.41 Å². The van der Waals surface area contributed by atoms with Crippen LogP contribution in [0.1, 0.15) is 11.1 Å². The summed E-state index contributed by atoms with van der Waals surface area (Å²) in [6.45, 7) is 1.64. The van der Waals surface area contributed by atoms with Crippen molar-refractivity contribution in [1.82, 2.24) is 10.3 Å². The molecule has 0 aromatic heterocycles. The van der Waals surface area contributed by atoms with Gasteiger partial charge in [0.2, 0.25) is 0 Å². The van der Waals surface area contributed by atoms with Crippen LogP contribution in [0.5, 0.6) is 5.75 Å². The number of nitrogens with one attached hydrogen (secondary N) is 2. The molecule has 0 heterocycles. The van der Waals surface area contributed by atoms with Crippen LogP contribution in [0.25, 0.3) is 6.08 Å². The molecule has 24 heavy (non-hydrogen) atoms. The number of ether oxygens (including phenoxy) is 1. The second-order valence-electron chi connectivity index (χ2n) is 5.01. The van der Waals surface area contributed by atoms with Gasteiger partial charge in [0.1, 0.15) is 5.75 Å². The molecule has 0 aliphatic carbocycles. The van der Waals surface area contributed by atoms with Gasteiger partial charge in [0.05, 0.1) is 0 Å². The summed E-state index contributed by atoms with van der Waals surface area (Å²) in [6.07, 6.45) is 1.43. The first-order chi connectivity index (χ1) is 11.4. The number of rotatable bonds is 7. The van der Waals surface area contributed by atoms with Gasteiger partial charge in [-0.2, -0.15) is 0 Å². The first kappa shape index (κ1) is 17.7. The minimum atomic E-state index is -3.78. The predicted molar refractivity (Wildman–Crippen MR) is 92.3 cm³/mol. The van der Waals surface area contributed by atoms with E-state index in [4.69, 9.17) is 4.74 Å². The number of benzene rings is 2. The van der Waals surface area contributed by atoms with E-state index in [1.54, 1.807) is 36.4 Å². The van der Waals surface area contributed by atoms with Crippen LogP contribution < -0.4 is 15.0 Å². The summed E-state index contributed by atoms with van der Waals surface area (Å²) in [4.78, 5) is 13.6. The Morgan fingerprint density at radius 1 is 1.08 bits per heavy atom. The zero-order valence-corrected chi connectivity index (χ0v) is 13.9. The third-order valence-electron chi connectivity index (χ3n) is 2.96. The van der Waals surface area contributed by atoms with Crippen molar-refractivity contribution in [2.75, 3.05) is 6.61 Å². The zero-order valence-electron chi connectivity index (χ0n) is 13.1. The molecule has 0 saturated heterocycles. The molecule has 0 bridgehead atoms. The summed E-state index contributed by atoms with van der Waals surface area (Å²) in [5.74, 6) is -0.0742. The molecule has 0 unspecified atom stereocenters. The molecule has 2 aromatic carbocycles. The Bertz CT molecular complexity index is 800. The van der Waals surface area contributed by atoms with E-state index in [2.05, 4.69) is 5.43 Å². The normalized spacial score (nSPS) is 11.4. The van der Waals surface area contributed by atoms with Crippen LogP contribution in [0.2, 0.25) is 0 Å². The maximum Gasteiger partial charge on any atom is 0.272 e. The molecular weight excluding hydrogens is 328 g/mol. The van der Waals surface area contributed by atoms with Crippen molar-refractivity contribution < 1.29 is 17.9 Å². The van der Waals surface area contributed by atoms with E-state index in [0.717, 1.165) is 16.5 Å². The van der Waals surface area contributed by atoms with Crippen molar-refractivity contribution >= 4 is 22.0 Å². The summed E-state index contributed by atoms with van der Waals surface area (Å²) >= 11 is 0. The monoisotopic (exact) mass is 346 g/mol.